The van der Waals surface area contributed by atoms with Crippen LogP contribution >= 0.6 is 11.6 Å². The molecule has 0 spiro atoms. The summed E-state index contributed by atoms with van der Waals surface area (Å²) in [6.45, 7) is 0. The third-order valence-electron chi connectivity index (χ3n) is 3.82. The molecule has 0 fully saturated rings. The minimum absolute atomic E-state index is 0.211. The van der Waals surface area contributed by atoms with Gasteiger partial charge in [-0.2, -0.15) is 13.2 Å². The first-order valence-corrected chi connectivity index (χ1v) is 9.52. The van der Waals surface area contributed by atoms with E-state index in [1.165, 1.54) is 12.1 Å². The molecule has 0 amide bonds. The first kappa shape index (κ1) is 20.8. The Balaban J connectivity index is 1.95. The average Bonchev–Trinajstić information content (AvgIpc) is 2.65. The summed E-state index contributed by atoms with van der Waals surface area (Å²) < 4.78 is 74.6. The summed E-state index contributed by atoms with van der Waals surface area (Å²) in [5, 5.41) is 4.34. The van der Waals surface area contributed by atoms with Gasteiger partial charge in [0, 0.05) is 11.4 Å². The van der Waals surface area contributed by atoms with Gasteiger partial charge in [-0.05, 0) is 42.5 Å². The molecule has 3 rings (SSSR count). The number of hydrogen-bond donors (Lipinski definition) is 2. The van der Waals surface area contributed by atoms with Gasteiger partial charge in [0.2, 0.25) is 0 Å². The van der Waals surface area contributed by atoms with Crippen LogP contribution in [0.15, 0.2) is 56.9 Å². The fourth-order valence-corrected chi connectivity index (χ4v) is 3.64. The van der Waals surface area contributed by atoms with E-state index in [4.69, 9.17) is 11.6 Å². The van der Waals surface area contributed by atoms with Crippen molar-refractivity contribution < 1.29 is 26.0 Å². The number of alkyl halides is 3. The van der Waals surface area contributed by atoms with Crippen LogP contribution in [0, 0.1) is 5.82 Å². The molecule has 3 aromatic carbocycles. The van der Waals surface area contributed by atoms with E-state index in [1.807, 2.05) is 0 Å². The van der Waals surface area contributed by atoms with Crippen LogP contribution in [-0.4, -0.2) is 13.9 Å². The minimum Gasteiger partial charge on any atom is -0.350 e. The highest BCUT2D eigenvalue weighted by Crippen LogP contribution is 2.36. The molecule has 29 heavy (non-hydrogen) atoms. The highest BCUT2D eigenvalue weighted by atomic mass is 35.5. The lowest BCUT2D eigenvalue weighted by molar-refractivity contribution is -0.0435. The van der Waals surface area contributed by atoms with Gasteiger partial charge in [0.1, 0.15) is 17.2 Å². The molecule has 0 saturated carbocycles. The quantitative estimate of drug-likeness (QED) is 0.455. The van der Waals surface area contributed by atoms with Crippen molar-refractivity contribution in [2.75, 3.05) is 10.6 Å². The highest BCUT2D eigenvalue weighted by molar-refractivity contribution is 7.92. The maximum Gasteiger partial charge on any atom is 0.501 e. The summed E-state index contributed by atoms with van der Waals surface area (Å²) in [4.78, 5) is 22.4. The van der Waals surface area contributed by atoms with E-state index in [1.54, 1.807) is 0 Å². The molecule has 0 bridgehead atoms. The summed E-state index contributed by atoms with van der Waals surface area (Å²) in [6, 6.07) is 7.45. The summed E-state index contributed by atoms with van der Waals surface area (Å²) in [5.74, 6) is -0.529. The van der Waals surface area contributed by atoms with Crippen molar-refractivity contribution in [3.8, 4) is 0 Å². The van der Waals surface area contributed by atoms with Crippen molar-refractivity contribution in [3.63, 3.8) is 0 Å². The molecule has 3 aromatic rings. The Bertz CT molecular complexity index is 1260. The molecule has 0 radical (unpaired) electrons. The third kappa shape index (κ3) is 3.83. The maximum atomic E-state index is 13.0. The minimum atomic E-state index is -5.74. The Morgan fingerprint density at radius 1 is 0.828 bits per heavy atom. The second kappa shape index (κ2) is 7.16. The lowest BCUT2D eigenvalue weighted by atomic mass is 10.1. The first-order valence-electron chi connectivity index (χ1n) is 7.65. The summed E-state index contributed by atoms with van der Waals surface area (Å²) in [7, 11) is -5.74. The smallest absolute Gasteiger partial charge is 0.350 e. The predicted molar refractivity (Wildman–Crippen MR) is 99.0 cm³/mol. The summed E-state index contributed by atoms with van der Waals surface area (Å²) >= 11 is 5.59. The Hall–Kier alpha value is -2.92. The zero-order valence-corrected chi connectivity index (χ0v) is 15.5. The van der Waals surface area contributed by atoms with E-state index in [-0.39, 0.29) is 22.7 Å². The first-order chi connectivity index (χ1) is 13.4. The second-order valence-electron chi connectivity index (χ2n) is 5.76. The monoisotopic (exact) mass is 448 g/mol. The third-order valence-corrected chi connectivity index (χ3v) is 5.79. The van der Waals surface area contributed by atoms with Crippen molar-refractivity contribution in [1.82, 2.24) is 0 Å². The zero-order valence-electron chi connectivity index (χ0n) is 14.0. The van der Waals surface area contributed by atoms with Gasteiger partial charge in [0.15, 0.2) is 0 Å². The van der Waals surface area contributed by atoms with Crippen LogP contribution in [0.4, 0.5) is 40.3 Å². The van der Waals surface area contributed by atoms with Gasteiger partial charge in [-0.3, -0.25) is 9.59 Å². The Morgan fingerprint density at radius 2 is 1.31 bits per heavy atom. The number of rotatable bonds is 5. The van der Waals surface area contributed by atoms with Gasteiger partial charge in [-0.25, -0.2) is 12.8 Å². The van der Waals surface area contributed by atoms with Crippen LogP contribution in [0.2, 0.25) is 5.02 Å². The fourth-order valence-electron chi connectivity index (χ4n) is 2.36. The van der Waals surface area contributed by atoms with E-state index in [0.717, 1.165) is 24.3 Å². The normalized spacial score (nSPS) is 12.2. The molecule has 0 aliphatic rings. The van der Waals surface area contributed by atoms with Crippen LogP contribution in [0.1, 0.15) is 0 Å². The molecule has 0 unspecified atom stereocenters. The molecule has 0 aromatic heterocycles. The molecule has 0 saturated heterocycles. The molecule has 0 aliphatic heterocycles. The van der Waals surface area contributed by atoms with E-state index in [9.17, 15) is 35.6 Å². The zero-order chi connectivity index (χ0) is 21.6. The van der Waals surface area contributed by atoms with E-state index >= 15 is 0 Å². The summed E-state index contributed by atoms with van der Waals surface area (Å²) in [6.07, 6.45) is 0. The van der Waals surface area contributed by atoms with E-state index < -0.39 is 41.9 Å². The van der Waals surface area contributed by atoms with Gasteiger partial charge in [-0.1, -0.05) is 11.6 Å². The highest BCUT2D eigenvalue weighted by Gasteiger charge is 2.48. The van der Waals surface area contributed by atoms with Gasteiger partial charge < -0.3 is 10.6 Å². The second-order valence-corrected chi connectivity index (χ2v) is 8.08. The fraction of sp³-hybridized carbons (Fsp3) is 0.0588. The van der Waals surface area contributed by atoms with Crippen molar-refractivity contribution in [2.24, 2.45) is 0 Å². The Morgan fingerprint density at radius 3 is 1.83 bits per heavy atom. The number of benzene rings is 2. The van der Waals surface area contributed by atoms with E-state index in [2.05, 4.69) is 10.6 Å². The molecule has 0 heterocycles. The van der Waals surface area contributed by atoms with Gasteiger partial charge in [0.05, 0.1) is 9.92 Å². The Labute approximate surface area is 165 Å². The Kier molecular flexibility index (Phi) is 5.13. The number of nitrogens with one attached hydrogen (secondary N) is 2. The molecular weight excluding hydrogens is 440 g/mol. The predicted octanol–water partition coefficient (Wildman–Crippen LogP) is 3.86. The number of sulfone groups is 1. The lowest BCUT2D eigenvalue weighted by Gasteiger charge is -2.16. The number of hydrogen-bond acceptors (Lipinski definition) is 6. The van der Waals surface area contributed by atoms with Gasteiger partial charge in [0.25, 0.3) is 20.7 Å². The van der Waals surface area contributed by atoms with Crippen LogP contribution in [0.3, 0.4) is 0 Å². The number of anilines is 4. The molecule has 0 atom stereocenters. The average molecular weight is 449 g/mol. The topological polar surface area (TPSA) is 92.3 Å². The van der Waals surface area contributed by atoms with Gasteiger partial charge in [-0.15, -0.1) is 0 Å². The largest absolute Gasteiger partial charge is 0.501 e. The summed E-state index contributed by atoms with van der Waals surface area (Å²) in [5.41, 5.74) is -7.90. The molecule has 12 heteroatoms. The van der Waals surface area contributed by atoms with Gasteiger partial charge >= 0.3 is 5.51 Å². The van der Waals surface area contributed by atoms with Crippen molar-refractivity contribution in [3.05, 3.63) is 73.8 Å². The molecule has 2 N–H and O–H groups in total. The lowest BCUT2D eigenvalue weighted by Crippen LogP contribution is -2.35. The SMILES string of the molecule is O=c1c(Nc2ccc(F)cc2)c(Nc2ccc(Cl)c(S(=O)(=O)C(F)(F)F)c2)c1=O. The molecule has 152 valence electrons. The molecule has 6 nitrogen and oxygen atoms in total. The van der Waals surface area contributed by atoms with Crippen LogP contribution in [0.5, 0.6) is 0 Å². The van der Waals surface area contributed by atoms with Crippen molar-refractivity contribution >= 4 is 44.2 Å². The van der Waals surface area contributed by atoms with Crippen molar-refractivity contribution in [2.45, 2.75) is 10.4 Å². The number of halogens is 5. The maximum absolute atomic E-state index is 13.0. The molecule has 0 aliphatic carbocycles. The van der Waals surface area contributed by atoms with Crippen LogP contribution in [0.25, 0.3) is 0 Å². The van der Waals surface area contributed by atoms with Crippen LogP contribution < -0.4 is 21.5 Å². The van der Waals surface area contributed by atoms with Crippen LogP contribution in [-0.2, 0) is 9.84 Å². The standard InChI is InChI=1S/C17H9ClF4N2O4S/c18-11-6-5-10(7-12(11)29(27,28)17(20,21)22)24-14-13(15(25)16(14)26)23-9-3-1-8(19)2-4-9/h1-7,23-24H. The van der Waals surface area contributed by atoms with E-state index in [0.29, 0.717) is 6.07 Å². The molecular formula is C17H9ClF4N2O4S. The van der Waals surface area contributed by atoms with Crippen molar-refractivity contribution in [1.29, 1.82) is 0 Å².